The third-order valence-electron chi connectivity index (χ3n) is 3.55. The number of esters is 1. The van der Waals surface area contributed by atoms with E-state index in [1.807, 2.05) is 18.2 Å². The van der Waals surface area contributed by atoms with E-state index >= 15 is 0 Å². The van der Waals surface area contributed by atoms with Gasteiger partial charge in [-0.2, -0.15) is 0 Å². The molecule has 1 aliphatic heterocycles. The second kappa shape index (κ2) is 8.83. The summed E-state index contributed by atoms with van der Waals surface area (Å²) in [6.07, 6.45) is 1.01. The van der Waals surface area contributed by atoms with E-state index in [4.69, 9.17) is 4.74 Å². The maximum Gasteiger partial charge on any atom is 0.310 e. The van der Waals surface area contributed by atoms with Crippen molar-refractivity contribution in [3.8, 4) is 0 Å². The predicted molar refractivity (Wildman–Crippen MR) is 73.2 cm³/mol. The first-order valence-electron chi connectivity index (χ1n) is 6.03. The summed E-state index contributed by atoms with van der Waals surface area (Å²) in [6, 6.07) is 10.3. The van der Waals surface area contributed by atoms with Crippen molar-refractivity contribution in [2.45, 2.75) is 12.3 Å². The molecule has 2 rings (SSSR count). The normalized spacial score (nSPS) is 22.8. The number of ether oxygens (including phenoxy) is 1. The Bertz CT molecular complexity index is 383. The fourth-order valence-corrected chi connectivity index (χ4v) is 2.60. The van der Waals surface area contributed by atoms with Crippen molar-refractivity contribution in [1.29, 1.82) is 0 Å². The molecule has 0 amide bonds. The molecule has 1 aromatic rings. The van der Waals surface area contributed by atoms with Gasteiger partial charge in [0.25, 0.3) is 0 Å². The molecule has 4 heteroatoms. The molecule has 0 spiro atoms. The van der Waals surface area contributed by atoms with Gasteiger partial charge in [0, 0.05) is 39.3 Å². The quantitative estimate of drug-likeness (QED) is 0.613. The molecule has 1 aliphatic rings. The molecule has 0 bridgehead atoms. The topological polar surface area (TPSA) is 29.5 Å². The van der Waals surface area contributed by atoms with E-state index < -0.39 is 0 Å². The fourth-order valence-electron chi connectivity index (χ4n) is 2.60. The van der Waals surface area contributed by atoms with Crippen molar-refractivity contribution < 1.29 is 42.2 Å². The number of carbonyl (C=O) groups excluding carboxylic acids is 1. The van der Waals surface area contributed by atoms with Gasteiger partial charge in [-0.05, 0) is 31.5 Å². The van der Waals surface area contributed by atoms with Crippen LogP contribution in [0.25, 0.3) is 0 Å². The van der Waals surface area contributed by atoms with Crippen LogP contribution in [0, 0.1) is 13.3 Å². The molecular weight excluding hydrogens is 315 g/mol. The molecule has 1 heterocycles. The van der Waals surface area contributed by atoms with Crippen molar-refractivity contribution >= 4 is 5.97 Å². The van der Waals surface area contributed by atoms with Crippen LogP contribution in [-0.4, -0.2) is 38.1 Å². The maximum atomic E-state index is 11.8. The molecule has 0 saturated carbocycles. The van der Waals surface area contributed by atoms with Crippen molar-refractivity contribution in [2.24, 2.45) is 5.92 Å². The molecule has 3 nitrogen and oxygen atoms in total. The van der Waals surface area contributed by atoms with Crippen LogP contribution in [0.1, 0.15) is 17.9 Å². The van der Waals surface area contributed by atoms with E-state index in [9.17, 15) is 4.79 Å². The van der Waals surface area contributed by atoms with Gasteiger partial charge in [0.05, 0.1) is 13.0 Å². The molecule has 1 saturated heterocycles. The zero-order valence-electron chi connectivity index (χ0n) is 12.0. The van der Waals surface area contributed by atoms with Gasteiger partial charge in [-0.3, -0.25) is 4.79 Å². The minimum Gasteiger partial charge on any atom is -0.469 e. The van der Waals surface area contributed by atoms with Gasteiger partial charge in [0.2, 0.25) is 0 Å². The van der Waals surface area contributed by atoms with Gasteiger partial charge in [-0.1, -0.05) is 30.3 Å². The van der Waals surface area contributed by atoms with E-state index in [1.54, 1.807) is 0 Å². The Morgan fingerprint density at radius 2 is 1.95 bits per heavy atom. The van der Waals surface area contributed by atoms with Crippen molar-refractivity contribution in [3.05, 3.63) is 43.3 Å². The number of rotatable bonds is 2. The van der Waals surface area contributed by atoms with Gasteiger partial charge in [0.15, 0.2) is 0 Å². The van der Waals surface area contributed by atoms with Crippen LogP contribution < -0.4 is 0 Å². The average Bonchev–Trinajstić information content (AvgIpc) is 2.38. The van der Waals surface area contributed by atoms with Crippen molar-refractivity contribution in [2.75, 3.05) is 27.2 Å². The number of likely N-dealkylation sites (tertiary alicyclic amines) is 1. The van der Waals surface area contributed by atoms with Crippen LogP contribution in [0.15, 0.2) is 30.3 Å². The van der Waals surface area contributed by atoms with E-state index in [0.717, 1.165) is 19.5 Å². The summed E-state index contributed by atoms with van der Waals surface area (Å²) in [5.41, 5.74) is 1.25. The summed E-state index contributed by atoms with van der Waals surface area (Å²) in [5, 5.41) is 0. The minimum absolute atomic E-state index is 0. The predicted octanol–water partition coefficient (Wildman–Crippen LogP) is 2.34. The molecule has 19 heavy (non-hydrogen) atoms. The second-order valence-electron chi connectivity index (χ2n) is 4.70. The Morgan fingerprint density at radius 3 is 2.53 bits per heavy atom. The van der Waals surface area contributed by atoms with Gasteiger partial charge in [-0.15, -0.1) is 0 Å². The number of carbonyl (C=O) groups is 1. The number of hydrogen-bond acceptors (Lipinski definition) is 3. The number of hydrogen-bond donors (Lipinski definition) is 0. The van der Waals surface area contributed by atoms with Gasteiger partial charge in [0.1, 0.15) is 0 Å². The smallest absolute Gasteiger partial charge is 0.310 e. The third-order valence-corrected chi connectivity index (χ3v) is 3.55. The number of nitrogens with zero attached hydrogens (tertiary/aromatic N) is 1. The molecule has 1 aromatic carbocycles. The van der Waals surface area contributed by atoms with E-state index in [0.29, 0.717) is 5.92 Å². The van der Waals surface area contributed by atoms with E-state index in [-0.39, 0.29) is 52.0 Å². The van der Waals surface area contributed by atoms with Crippen LogP contribution in [-0.2, 0) is 42.2 Å². The monoisotopic (exact) mass is 337 g/mol. The molecule has 1 fully saturated rings. The molecule has 0 aliphatic carbocycles. The molecule has 1 radical (unpaired) electrons. The summed E-state index contributed by atoms with van der Waals surface area (Å²) in [6.45, 7) is 1.82. The molecular formula is C15H22NO2Y-. The van der Waals surface area contributed by atoms with E-state index in [2.05, 4.69) is 24.1 Å². The first-order valence-corrected chi connectivity index (χ1v) is 6.03. The van der Waals surface area contributed by atoms with Crippen molar-refractivity contribution in [1.82, 2.24) is 4.90 Å². The standard InChI is InChI=1S/C14H19NO2.CH3.Y/c1-15-9-8-12(11-6-4-3-5-7-11)13(10-15)14(16)17-2;;/h3-7,12-13H,8-10H2,1-2H3;1H3;/q;-1;. The fraction of sp³-hybridized carbons (Fsp3) is 0.467. The Labute approximate surface area is 141 Å². The van der Waals surface area contributed by atoms with Crippen LogP contribution in [0.3, 0.4) is 0 Å². The minimum atomic E-state index is -0.0922. The Balaban J connectivity index is 0.00000162. The summed E-state index contributed by atoms with van der Waals surface area (Å²) in [5.74, 6) is 0.159. The first kappa shape index (κ1) is 18.8. The second-order valence-corrected chi connectivity index (χ2v) is 4.70. The van der Waals surface area contributed by atoms with Crippen molar-refractivity contribution in [3.63, 3.8) is 0 Å². The largest absolute Gasteiger partial charge is 0.469 e. The average molecular weight is 337 g/mol. The zero-order valence-corrected chi connectivity index (χ0v) is 14.8. The molecule has 2 unspecified atom stereocenters. The summed E-state index contributed by atoms with van der Waals surface area (Å²) >= 11 is 0. The Hall–Kier alpha value is -0.246. The molecule has 103 valence electrons. The van der Waals surface area contributed by atoms with Crippen LogP contribution in [0.2, 0.25) is 0 Å². The van der Waals surface area contributed by atoms with Crippen LogP contribution in [0.5, 0.6) is 0 Å². The van der Waals surface area contributed by atoms with Gasteiger partial charge < -0.3 is 17.1 Å². The summed E-state index contributed by atoms with van der Waals surface area (Å²) in [7, 11) is 3.52. The molecule has 0 aromatic heterocycles. The number of benzene rings is 1. The zero-order chi connectivity index (χ0) is 12.3. The Kier molecular flexibility index (Phi) is 8.72. The van der Waals surface area contributed by atoms with E-state index in [1.165, 1.54) is 12.7 Å². The van der Waals surface area contributed by atoms with Crippen LogP contribution in [0.4, 0.5) is 0 Å². The molecule has 0 N–H and O–H groups in total. The Morgan fingerprint density at radius 1 is 1.32 bits per heavy atom. The molecule has 2 atom stereocenters. The van der Waals surface area contributed by atoms with Gasteiger partial charge >= 0.3 is 5.97 Å². The number of methoxy groups -OCH3 is 1. The maximum absolute atomic E-state index is 11.8. The van der Waals surface area contributed by atoms with Crippen LogP contribution >= 0.6 is 0 Å². The SMILES string of the molecule is COC(=O)C1CN(C)CCC1c1ccccc1.[CH3-].[Y]. The first-order chi connectivity index (χ1) is 8.22. The summed E-state index contributed by atoms with van der Waals surface area (Å²) in [4.78, 5) is 14.0. The number of piperidine rings is 1. The summed E-state index contributed by atoms with van der Waals surface area (Å²) < 4.78 is 4.92. The van der Waals surface area contributed by atoms with Gasteiger partial charge in [-0.25, -0.2) is 0 Å². The third kappa shape index (κ3) is 4.66.